The first-order chi connectivity index (χ1) is 12.3. The molecular formula is C20H20N2O3. The monoisotopic (exact) mass is 336 g/mol. The van der Waals surface area contributed by atoms with Gasteiger partial charge in [-0.15, -0.1) is 0 Å². The normalized spacial score (nSPS) is 13.4. The zero-order chi connectivity index (χ0) is 17.5. The maximum Gasteiger partial charge on any atom is 0.213 e. The van der Waals surface area contributed by atoms with E-state index in [1.165, 1.54) is 0 Å². The summed E-state index contributed by atoms with van der Waals surface area (Å²) in [7, 11) is 1.62. The van der Waals surface area contributed by atoms with Crippen molar-refractivity contribution in [1.82, 2.24) is 10.2 Å². The fraction of sp³-hybridized carbons (Fsp3) is 0.200. The third-order valence-electron chi connectivity index (χ3n) is 3.93. The highest BCUT2D eigenvalue weighted by Crippen LogP contribution is 2.35. The Hall–Kier alpha value is -3.01. The van der Waals surface area contributed by atoms with Gasteiger partial charge in [0.2, 0.25) is 11.7 Å². The number of hydrogen-bond acceptors (Lipinski definition) is 5. The van der Waals surface area contributed by atoms with Crippen LogP contribution >= 0.6 is 0 Å². The Balaban J connectivity index is 2.01. The molecule has 0 amide bonds. The summed E-state index contributed by atoms with van der Waals surface area (Å²) in [5.41, 5.74) is 2.10. The topological polar surface area (TPSA) is 50.8 Å². The highest BCUT2D eigenvalue weighted by atomic mass is 16.5. The molecule has 0 saturated carbocycles. The van der Waals surface area contributed by atoms with Gasteiger partial charge in [-0.3, -0.25) is 4.90 Å². The molecule has 2 aromatic rings. The summed E-state index contributed by atoms with van der Waals surface area (Å²) in [5, 5.41) is 2.94. The Morgan fingerprint density at radius 2 is 1.60 bits per heavy atom. The first kappa shape index (κ1) is 16.8. The van der Waals surface area contributed by atoms with E-state index in [0.29, 0.717) is 24.9 Å². The molecule has 1 aliphatic heterocycles. The molecule has 0 radical (unpaired) electrons. The molecule has 0 fully saturated rings. The number of benzene rings is 2. The van der Waals surface area contributed by atoms with Crippen LogP contribution in [0.4, 0.5) is 0 Å². The van der Waals surface area contributed by atoms with Crippen LogP contribution in [-0.4, -0.2) is 31.2 Å². The molecule has 0 aromatic heterocycles. The van der Waals surface area contributed by atoms with E-state index in [1.54, 1.807) is 13.3 Å². The molecule has 5 heteroatoms. The lowest BCUT2D eigenvalue weighted by molar-refractivity contribution is 0.0725. The predicted octanol–water partition coefficient (Wildman–Crippen LogP) is 2.82. The van der Waals surface area contributed by atoms with Crippen LogP contribution in [0.5, 0.6) is 0 Å². The molecule has 0 bridgehead atoms. The number of methoxy groups -OCH3 is 1. The summed E-state index contributed by atoms with van der Waals surface area (Å²) in [6.07, 6.45) is 1.68. The first-order valence-electron chi connectivity index (χ1n) is 8.08. The second-order valence-electron chi connectivity index (χ2n) is 5.51. The average molecular weight is 336 g/mol. The Morgan fingerprint density at radius 3 is 2.12 bits per heavy atom. The summed E-state index contributed by atoms with van der Waals surface area (Å²) < 4.78 is 10.9. The lowest BCUT2D eigenvalue weighted by Gasteiger charge is -2.31. The second-order valence-corrected chi connectivity index (χ2v) is 5.51. The van der Waals surface area contributed by atoms with Crippen molar-refractivity contribution in [2.75, 3.05) is 20.3 Å². The molecule has 1 N–H and O–H groups in total. The fourth-order valence-electron chi connectivity index (χ4n) is 2.82. The summed E-state index contributed by atoms with van der Waals surface area (Å²) >= 11 is 0. The highest BCUT2D eigenvalue weighted by molar-refractivity contribution is 5.55. The van der Waals surface area contributed by atoms with Crippen molar-refractivity contribution in [3.63, 3.8) is 0 Å². The zero-order valence-corrected chi connectivity index (χ0v) is 14.0. The summed E-state index contributed by atoms with van der Waals surface area (Å²) in [5.74, 6) is 2.86. The maximum absolute atomic E-state index is 11.5. The molecule has 0 unspecified atom stereocenters. The van der Waals surface area contributed by atoms with Crippen molar-refractivity contribution in [2.45, 2.75) is 6.04 Å². The molecule has 1 heterocycles. The van der Waals surface area contributed by atoms with Crippen LogP contribution in [0, 0.1) is 0 Å². The van der Waals surface area contributed by atoms with Crippen molar-refractivity contribution >= 4 is 5.94 Å². The van der Waals surface area contributed by atoms with E-state index in [-0.39, 0.29) is 6.04 Å². The minimum atomic E-state index is -0.206. The van der Waals surface area contributed by atoms with Crippen LogP contribution in [0.2, 0.25) is 0 Å². The van der Waals surface area contributed by atoms with Crippen molar-refractivity contribution in [2.24, 2.45) is 0 Å². The van der Waals surface area contributed by atoms with E-state index in [0.717, 1.165) is 11.1 Å². The van der Waals surface area contributed by atoms with E-state index in [1.807, 2.05) is 71.5 Å². The van der Waals surface area contributed by atoms with Gasteiger partial charge in [-0.1, -0.05) is 60.7 Å². The predicted molar refractivity (Wildman–Crippen MR) is 94.8 cm³/mol. The minimum absolute atomic E-state index is 0.206. The number of hydrogen-bond donors (Lipinski definition) is 1. The molecule has 0 saturated heterocycles. The van der Waals surface area contributed by atoms with E-state index in [4.69, 9.17) is 9.47 Å². The van der Waals surface area contributed by atoms with Gasteiger partial charge in [0.15, 0.2) is 5.94 Å². The van der Waals surface area contributed by atoms with E-state index in [9.17, 15) is 4.79 Å². The molecule has 3 rings (SSSR count). The van der Waals surface area contributed by atoms with Crippen LogP contribution in [0.1, 0.15) is 17.2 Å². The molecule has 25 heavy (non-hydrogen) atoms. The van der Waals surface area contributed by atoms with Crippen molar-refractivity contribution in [1.29, 1.82) is 0 Å². The first-order valence-corrected chi connectivity index (χ1v) is 8.08. The van der Waals surface area contributed by atoms with Crippen LogP contribution in [0.15, 0.2) is 78.6 Å². The molecule has 0 atom stereocenters. The number of rotatable bonds is 7. The van der Waals surface area contributed by atoms with E-state index in [2.05, 4.69) is 5.32 Å². The largest absolute Gasteiger partial charge is 0.475 e. The molecule has 5 nitrogen and oxygen atoms in total. The van der Waals surface area contributed by atoms with Gasteiger partial charge in [-0.2, -0.15) is 0 Å². The van der Waals surface area contributed by atoms with E-state index >= 15 is 0 Å². The summed E-state index contributed by atoms with van der Waals surface area (Å²) in [6, 6.07) is 19.8. The molecule has 1 aliphatic rings. The minimum Gasteiger partial charge on any atom is -0.475 e. The molecule has 128 valence electrons. The molecule has 0 spiro atoms. The quantitative estimate of drug-likeness (QED) is 0.622. The Labute approximate surface area is 147 Å². The van der Waals surface area contributed by atoms with Gasteiger partial charge in [0.25, 0.3) is 0 Å². The van der Waals surface area contributed by atoms with Gasteiger partial charge in [0.05, 0.1) is 18.8 Å². The average Bonchev–Trinajstić information content (AvgIpc) is 3.07. The van der Waals surface area contributed by atoms with Gasteiger partial charge in [0, 0.05) is 7.11 Å². The third kappa shape index (κ3) is 3.74. The standard InChI is InChI=1S/C20H20N2O3/c1-24-12-13-25-19-14-21-18(15-23)22(19)20(16-8-4-2-5-9-16)17-10-6-3-7-11-17/h2-11,14,20-21H,12-13H2,1H3. The van der Waals surface area contributed by atoms with Crippen molar-refractivity contribution < 1.29 is 14.3 Å². The van der Waals surface area contributed by atoms with E-state index < -0.39 is 0 Å². The van der Waals surface area contributed by atoms with Crippen LogP contribution in [-0.2, 0) is 14.3 Å². The van der Waals surface area contributed by atoms with Gasteiger partial charge < -0.3 is 14.8 Å². The highest BCUT2D eigenvalue weighted by Gasteiger charge is 2.32. The lowest BCUT2D eigenvalue weighted by atomic mass is 9.97. The van der Waals surface area contributed by atoms with Crippen LogP contribution < -0.4 is 5.32 Å². The number of ether oxygens (including phenoxy) is 2. The lowest BCUT2D eigenvalue weighted by Crippen LogP contribution is -2.29. The Kier molecular flexibility index (Phi) is 5.52. The van der Waals surface area contributed by atoms with Gasteiger partial charge >= 0.3 is 0 Å². The van der Waals surface area contributed by atoms with Gasteiger partial charge in [-0.25, -0.2) is 4.79 Å². The van der Waals surface area contributed by atoms with Crippen LogP contribution in [0.3, 0.4) is 0 Å². The third-order valence-corrected chi connectivity index (χ3v) is 3.93. The second kappa shape index (κ2) is 8.20. The van der Waals surface area contributed by atoms with Gasteiger partial charge in [-0.05, 0) is 11.1 Å². The van der Waals surface area contributed by atoms with Crippen LogP contribution in [0.25, 0.3) is 0 Å². The number of carbonyl (C=O) groups excluding carboxylic acids is 1. The summed E-state index contributed by atoms with van der Waals surface area (Å²) in [4.78, 5) is 13.3. The molecule has 2 aromatic carbocycles. The number of nitrogens with zero attached hydrogens (tertiary/aromatic N) is 1. The maximum atomic E-state index is 11.5. The van der Waals surface area contributed by atoms with Crippen molar-refractivity contribution in [3.8, 4) is 0 Å². The Morgan fingerprint density at radius 1 is 1.00 bits per heavy atom. The smallest absolute Gasteiger partial charge is 0.213 e. The van der Waals surface area contributed by atoms with Gasteiger partial charge in [0.1, 0.15) is 6.61 Å². The number of nitrogens with one attached hydrogen (secondary N) is 1. The zero-order valence-electron chi connectivity index (χ0n) is 14.0. The SMILES string of the molecule is COCCOC1=CNC(=C=O)N1C(c1ccccc1)c1ccccc1. The molecule has 0 aliphatic carbocycles. The Bertz CT molecular complexity index is 729. The molecular weight excluding hydrogens is 316 g/mol. The fourth-order valence-corrected chi connectivity index (χ4v) is 2.82. The van der Waals surface area contributed by atoms with Crippen molar-refractivity contribution in [3.05, 3.63) is 89.7 Å². The summed E-state index contributed by atoms with van der Waals surface area (Å²) in [6.45, 7) is 0.857.